The third-order valence-corrected chi connectivity index (χ3v) is 4.43. The van der Waals surface area contributed by atoms with Gasteiger partial charge in [0.15, 0.2) is 0 Å². The number of carbonyl (C=O) groups is 1. The molecule has 118 valence electrons. The van der Waals surface area contributed by atoms with E-state index in [0.29, 0.717) is 5.56 Å². The molecular weight excluding hydrogens is 322 g/mol. The van der Waals surface area contributed by atoms with Gasteiger partial charge in [0.2, 0.25) is 10.0 Å². The predicted octanol–water partition coefficient (Wildman–Crippen LogP) is -0.415. The Labute approximate surface area is 122 Å². The molecule has 0 spiro atoms. The highest BCUT2D eigenvalue weighted by molar-refractivity contribution is 7.89. The van der Waals surface area contributed by atoms with Crippen LogP contribution in [-0.4, -0.2) is 30.0 Å². The Hall–Kier alpha value is -1.69. The Bertz CT molecular complexity index is 729. The summed E-state index contributed by atoms with van der Waals surface area (Å²) in [5, 5.41) is 5.00. The molecule has 0 aromatic heterocycles. The van der Waals surface area contributed by atoms with Crippen LogP contribution in [0.5, 0.6) is 0 Å². The molecule has 0 fully saturated rings. The number of ether oxygens (including phenoxy) is 1. The average molecular weight is 337 g/mol. The minimum Gasteiger partial charge on any atom is -0.452 e. The predicted molar refractivity (Wildman–Crippen MR) is 73.8 cm³/mol. The second-order valence-corrected chi connectivity index (χ2v) is 7.06. The van der Waals surface area contributed by atoms with E-state index in [4.69, 9.17) is 5.14 Å². The lowest BCUT2D eigenvalue weighted by Gasteiger charge is -2.15. The number of hydrogen-bond acceptors (Lipinski definition) is 6. The highest BCUT2D eigenvalue weighted by Gasteiger charge is 2.19. The quantitative estimate of drug-likeness (QED) is 0.666. The third kappa shape index (κ3) is 5.30. The lowest BCUT2D eigenvalue weighted by atomic mass is 10.1. The normalized spacial score (nSPS) is 13.5. The molecule has 1 amide bonds. The number of nitrogens with two attached hydrogens (primary N) is 1. The van der Waals surface area contributed by atoms with Gasteiger partial charge in [0.25, 0.3) is 0 Å². The number of sulfonamides is 1. The van der Waals surface area contributed by atoms with Gasteiger partial charge in [-0.15, -0.1) is 0 Å². The molecule has 0 aliphatic heterocycles. The van der Waals surface area contributed by atoms with Gasteiger partial charge in [-0.3, -0.25) is 0 Å². The van der Waals surface area contributed by atoms with E-state index in [1.807, 2.05) is 0 Å². The lowest BCUT2D eigenvalue weighted by Crippen LogP contribution is -2.41. The van der Waals surface area contributed by atoms with Gasteiger partial charge in [0, 0.05) is 6.04 Å². The number of rotatable bonds is 5. The van der Waals surface area contributed by atoms with E-state index in [2.05, 4.69) is 9.46 Å². The fraction of sp³-hybridized carbons (Fsp3) is 0.300. The van der Waals surface area contributed by atoms with E-state index in [9.17, 15) is 21.6 Å². The minimum atomic E-state index is -4.14. The van der Waals surface area contributed by atoms with Gasteiger partial charge in [-0.25, -0.2) is 23.1 Å². The first-order chi connectivity index (χ1) is 9.55. The van der Waals surface area contributed by atoms with Crippen LogP contribution in [0, 0.1) is 0 Å². The van der Waals surface area contributed by atoms with Crippen molar-refractivity contribution in [2.75, 3.05) is 7.11 Å². The number of carbonyl (C=O) groups excluding carboxylic acids is 1. The van der Waals surface area contributed by atoms with Gasteiger partial charge in [-0.05, 0) is 24.6 Å². The average Bonchev–Trinajstić information content (AvgIpc) is 2.36. The molecule has 1 aromatic rings. The van der Waals surface area contributed by atoms with Gasteiger partial charge in [0.05, 0.1) is 12.0 Å². The van der Waals surface area contributed by atoms with Crippen LogP contribution in [0.3, 0.4) is 0 Å². The van der Waals surface area contributed by atoms with Gasteiger partial charge in [-0.2, -0.15) is 13.1 Å². The van der Waals surface area contributed by atoms with Crippen molar-refractivity contribution in [1.29, 1.82) is 0 Å². The van der Waals surface area contributed by atoms with Gasteiger partial charge >= 0.3 is 16.3 Å². The molecule has 1 atom stereocenters. The van der Waals surface area contributed by atoms with Crippen molar-refractivity contribution in [2.24, 2.45) is 5.14 Å². The summed E-state index contributed by atoms with van der Waals surface area (Å²) in [4.78, 5) is 10.7. The van der Waals surface area contributed by atoms with Crippen molar-refractivity contribution in [1.82, 2.24) is 9.44 Å². The number of primary sulfonamides is 1. The van der Waals surface area contributed by atoms with Crippen LogP contribution in [0.15, 0.2) is 29.2 Å². The van der Waals surface area contributed by atoms with Gasteiger partial charge < -0.3 is 4.74 Å². The molecule has 0 bridgehead atoms. The number of hydrogen-bond donors (Lipinski definition) is 3. The van der Waals surface area contributed by atoms with Crippen LogP contribution in [0.2, 0.25) is 0 Å². The minimum absolute atomic E-state index is 0.146. The molecule has 21 heavy (non-hydrogen) atoms. The van der Waals surface area contributed by atoms with Gasteiger partial charge in [-0.1, -0.05) is 12.1 Å². The fourth-order valence-corrected chi connectivity index (χ4v) is 2.97. The third-order valence-electron chi connectivity index (χ3n) is 2.42. The smallest absolute Gasteiger partial charge is 0.421 e. The molecule has 0 aliphatic rings. The summed E-state index contributed by atoms with van der Waals surface area (Å²) in [5.74, 6) is 0. The second kappa shape index (κ2) is 6.39. The molecule has 0 radical (unpaired) electrons. The molecule has 4 N–H and O–H groups in total. The molecule has 0 aliphatic carbocycles. The topological polar surface area (TPSA) is 145 Å². The zero-order chi connectivity index (χ0) is 16.3. The van der Waals surface area contributed by atoms with Crippen LogP contribution < -0.4 is 14.6 Å². The molecule has 1 rings (SSSR count). The van der Waals surface area contributed by atoms with Crippen molar-refractivity contribution in [2.45, 2.75) is 17.9 Å². The fourth-order valence-electron chi connectivity index (χ4n) is 1.44. The lowest BCUT2D eigenvalue weighted by molar-refractivity contribution is 0.177. The SMILES string of the molecule is COC(=O)NS(=O)(=O)NC(C)c1cccc(S(N)(=O)=O)c1. The zero-order valence-corrected chi connectivity index (χ0v) is 12.9. The van der Waals surface area contributed by atoms with Crippen LogP contribution >= 0.6 is 0 Å². The first kappa shape index (κ1) is 17.4. The van der Waals surface area contributed by atoms with Crippen molar-refractivity contribution in [3.63, 3.8) is 0 Å². The standard InChI is InChI=1S/C10H15N3O6S2/c1-7(12-21(17,18)13-10(14)19-2)8-4-3-5-9(6-8)20(11,15)16/h3-7,12H,1-2H3,(H,13,14)(H2,11,15,16). The molecule has 1 aromatic carbocycles. The highest BCUT2D eigenvalue weighted by atomic mass is 32.2. The molecular formula is C10H15N3O6S2. The maximum absolute atomic E-state index is 11.6. The van der Waals surface area contributed by atoms with E-state index < -0.39 is 32.4 Å². The summed E-state index contributed by atoms with van der Waals surface area (Å²) < 4.78 is 53.6. The van der Waals surface area contributed by atoms with Crippen LogP contribution in [0.1, 0.15) is 18.5 Å². The number of benzene rings is 1. The summed E-state index contributed by atoms with van der Waals surface area (Å²) in [6.45, 7) is 1.47. The summed E-state index contributed by atoms with van der Waals surface area (Å²) in [5.41, 5.74) is 0.358. The maximum Gasteiger partial charge on any atom is 0.421 e. The maximum atomic E-state index is 11.6. The molecule has 0 saturated carbocycles. The highest BCUT2D eigenvalue weighted by Crippen LogP contribution is 2.17. The van der Waals surface area contributed by atoms with Crippen molar-refractivity contribution in [3.05, 3.63) is 29.8 Å². The van der Waals surface area contributed by atoms with Crippen LogP contribution in [-0.2, 0) is 25.0 Å². The van der Waals surface area contributed by atoms with Crippen molar-refractivity contribution < 1.29 is 26.4 Å². The Morgan fingerprint density at radius 2 is 1.90 bits per heavy atom. The Kier molecular flexibility index (Phi) is 5.28. The van der Waals surface area contributed by atoms with E-state index in [0.717, 1.165) is 7.11 Å². The molecule has 0 saturated heterocycles. The monoisotopic (exact) mass is 337 g/mol. The summed E-state index contributed by atoms with van der Waals surface area (Å²) in [7, 11) is -7.02. The van der Waals surface area contributed by atoms with E-state index in [-0.39, 0.29) is 4.90 Å². The van der Waals surface area contributed by atoms with Crippen LogP contribution in [0.25, 0.3) is 0 Å². The van der Waals surface area contributed by atoms with Crippen molar-refractivity contribution in [3.8, 4) is 0 Å². The summed E-state index contributed by atoms with van der Waals surface area (Å²) >= 11 is 0. The molecule has 9 nitrogen and oxygen atoms in total. The number of amides is 1. The molecule has 1 unspecified atom stereocenters. The Morgan fingerprint density at radius 1 is 1.29 bits per heavy atom. The Morgan fingerprint density at radius 3 is 2.43 bits per heavy atom. The van der Waals surface area contributed by atoms with Gasteiger partial charge in [0.1, 0.15) is 0 Å². The molecule has 11 heteroatoms. The molecule has 0 heterocycles. The number of methoxy groups -OCH3 is 1. The summed E-state index contributed by atoms with van der Waals surface area (Å²) in [6, 6.07) is 4.66. The largest absolute Gasteiger partial charge is 0.452 e. The second-order valence-electron chi connectivity index (χ2n) is 4.05. The summed E-state index contributed by atoms with van der Waals surface area (Å²) in [6.07, 6.45) is -1.15. The van der Waals surface area contributed by atoms with Crippen LogP contribution in [0.4, 0.5) is 4.79 Å². The zero-order valence-electron chi connectivity index (χ0n) is 11.2. The van der Waals surface area contributed by atoms with Crippen molar-refractivity contribution >= 4 is 26.3 Å². The van der Waals surface area contributed by atoms with E-state index in [1.54, 1.807) is 4.72 Å². The number of nitrogens with one attached hydrogen (secondary N) is 2. The van der Waals surface area contributed by atoms with E-state index >= 15 is 0 Å². The first-order valence-corrected chi connectivity index (χ1v) is 8.59. The van der Waals surface area contributed by atoms with E-state index in [1.165, 1.54) is 31.2 Å². The Balaban J connectivity index is 2.95. The first-order valence-electron chi connectivity index (χ1n) is 5.56.